The first kappa shape index (κ1) is 20.0. The zero-order valence-corrected chi connectivity index (χ0v) is 17.5. The van der Waals surface area contributed by atoms with Crippen LogP contribution in [0.5, 0.6) is 0 Å². The molecule has 0 saturated carbocycles. The molecular formula is C21H30N6O. The molecule has 7 nitrogen and oxygen atoms in total. The maximum Gasteiger partial charge on any atom is 0.271 e. The van der Waals surface area contributed by atoms with Crippen molar-refractivity contribution < 1.29 is 4.79 Å². The Labute approximate surface area is 166 Å². The topological polar surface area (TPSA) is 74.9 Å². The lowest BCUT2D eigenvalue weighted by atomic mass is 9.92. The zero-order chi connectivity index (χ0) is 20.3. The van der Waals surface area contributed by atoms with E-state index < -0.39 is 0 Å². The largest absolute Gasteiger partial charge is 0.365 e. The minimum Gasteiger partial charge on any atom is -0.365 e. The highest BCUT2D eigenvalue weighted by Gasteiger charge is 2.35. The Morgan fingerprint density at radius 1 is 1.36 bits per heavy atom. The molecular weight excluding hydrogens is 352 g/mol. The molecule has 0 aromatic carbocycles. The first-order valence-corrected chi connectivity index (χ1v) is 10.00. The number of hydrogen-bond donors (Lipinski definition) is 1. The average molecular weight is 383 g/mol. The van der Waals surface area contributed by atoms with Gasteiger partial charge in [0.25, 0.3) is 5.91 Å². The van der Waals surface area contributed by atoms with Crippen molar-refractivity contribution in [2.24, 2.45) is 23.2 Å². The minimum atomic E-state index is -0.0960. The van der Waals surface area contributed by atoms with Gasteiger partial charge in [0.2, 0.25) is 0 Å². The molecule has 3 rings (SSSR count). The Morgan fingerprint density at radius 3 is 2.75 bits per heavy atom. The van der Waals surface area contributed by atoms with Gasteiger partial charge < -0.3 is 10.2 Å². The summed E-state index contributed by atoms with van der Waals surface area (Å²) in [6.45, 7) is 9.71. The number of carbonyl (C=O) groups is 1. The second-order valence-electron chi connectivity index (χ2n) is 7.53. The molecule has 1 aromatic rings. The van der Waals surface area contributed by atoms with Gasteiger partial charge in [-0.2, -0.15) is 10.2 Å². The van der Waals surface area contributed by atoms with Crippen molar-refractivity contribution in [3.05, 3.63) is 41.0 Å². The van der Waals surface area contributed by atoms with Crippen LogP contribution in [0.4, 0.5) is 0 Å². The molecule has 1 aromatic heterocycles. The van der Waals surface area contributed by atoms with Crippen molar-refractivity contribution in [3.8, 4) is 0 Å². The van der Waals surface area contributed by atoms with E-state index in [-0.39, 0.29) is 11.8 Å². The Balaban J connectivity index is 1.69. The van der Waals surface area contributed by atoms with Crippen molar-refractivity contribution in [2.75, 3.05) is 13.1 Å². The van der Waals surface area contributed by atoms with E-state index in [1.165, 1.54) is 16.8 Å². The maximum absolute atomic E-state index is 13.2. The lowest BCUT2D eigenvalue weighted by Crippen LogP contribution is -2.44. The van der Waals surface area contributed by atoms with Crippen LogP contribution in [-0.4, -0.2) is 45.1 Å². The first-order valence-electron chi connectivity index (χ1n) is 10.00. The van der Waals surface area contributed by atoms with Gasteiger partial charge >= 0.3 is 0 Å². The number of nitrogens with zero attached hydrogens (tertiary/aromatic N) is 5. The number of allylic oxidation sites excluding steroid dienone is 1. The highest BCUT2D eigenvalue weighted by Crippen LogP contribution is 2.23. The van der Waals surface area contributed by atoms with Crippen LogP contribution in [0.1, 0.15) is 52.7 Å². The summed E-state index contributed by atoms with van der Waals surface area (Å²) in [5, 5.41) is 16.4. The summed E-state index contributed by atoms with van der Waals surface area (Å²) in [6.07, 6.45) is 6.57. The lowest BCUT2D eigenvalue weighted by molar-refractivity contribution is -0.124. The van der Waals surface area contributed by atoms with E-state index in [0.717, 1.165) is 30.7 Å². The Kier molecular flexibility index (Phi) is 6.11. The number of carbonyl (C=O) groups excluding carboxylic acids is 1. The smallest absolute Gasteiger partial charge is 0.271 e. The van der Waals surface area contributed by atoms with E-state index in [0.29, 0.717) is 18.8 Å². The molecule has 1 unspecified atom stereocenters. The van der Waals surface area contributed by atoms with Crippen molar-refractivity contribution in [3.63, 3.8) is 0 Å². The summed E-state index contributed by atoms with van der Waals surface area (Å²) in [5.41, 5.74) is 5.83. The second kappa shape index (κ2) is 8.54. The Morgan fingerprint density at radius 2 is 2.14 bits per heavy atom. The molecule has 3 heterocycles. The van der Waals surface area contributed by atoms with Gasteiger partial charge in [0.1, 0.15) is 11.4 Å². The molecule has 1 N–H and O–H groups in total. The maximum atomic E-state index is 13.2. The summed E-state index contributed by atoms with van der Waals surface area (Å²) in [5.74, 6) is -0.110. The van der Waals surface area contributed by atoms with Crippen LogP contribution in [-0.2, 0) is 11.8 Å². The summed E-state index contributed by atoms with van der Waals surface area (Å²) in [4.78, 5) is 15.0. The summed E-state index contributed by atoms with van der Waals surface area (Å²) in [7, 11) is 1.87. The van der Waals surface area contributed by atoms with Gasteiger partial charge in [0, 0.05) is 38.5 Å². The van der Waals surface area contributed by atoms with Crippen LogP contribution in [0, 0.1) is 5.92 Å². The van der Waals surface area contributed by atoms with Crippen molar-refractivity contribution >= 4 is 17.3 Å². The van der Waals surface area contributed by atoms with Crippen molar-refractivity contribution in [1.82, 2.24) is 20.0 Å². The molecule has 2 aliphatic rings. The highest BCUT2D eigenvalue weighted by molar-refractivity contribution is 6.45. The van der Waals surface area contributed by atoms with Gasteiger partial charge in [0.05, 0.1) is 11.6 Å². The van der Waals surface area contributed by atoms with Gasteiger partial charge in [-0.15, -0.1) is 5.10 Å². The number of hydrogen-bond acceptors (Lipinski definition) is 5. The Hall–Kier alpha value is -2.70. The van der Waals surface area contributed by atoms with Crippen molar-refractivity contribution in [2.45, 2.75) is 47.0 Å². The molecule has 0 fully saturated rings. The van der Waals surface area contributed by atoms with Crippen molar-refractivity contribution in [1.29, 1.82) is 0 Å². The van der Waals surface area contributed by atoms with E-state index in [9.17, 15) is 4.79 Å². The molecule has 0 bridgehead atoms. The highest BCUT2D eigenvalue weighted by atomic mass is 16.2. The summed E-state index contributed by atoms with van der Waals surface area (Å²) < 4.78 is 1.74. The molecule has 1 amide bonds. The molecule has 7 heteroatoms. The van der Waals surface area contributed by atoms with Crippen LogP contribution in [0.2, 0.25) is 0 Å². The molecule has 2 aliphatic heterocycles. The number of aromatic nitrogens is 2. The van der Waals surface area contributed by atoms with Gasteiger partial charge in [-0.3, -0.25) is 9.48 Å². The van der Waals surface area contributed by atoms with E-state index in [4.69, 9.17) is 0 Å². The Bertz CT molecular complexity index is 873. The van der Waals surface area contributed by atoms with Gasteiger partial charge in [0.15, 0.2) is 0 Å². The minimum absolute atomic E-state index is 0.0137. The number of aryl methyl sites for hydroxylation is 1. The van der Waals surface area contributed by atoms with Crippen LogP contribution in [0.25, 0.3) is 0 Å². The van der Waals surface area contributed by atoms with Crippen LogP contribution >= 0.6 is 0 Å². The van der Waals surface area contributed by atoms with E-state index in [1.54, 1.807) is 4.68 Å². The lowest BCUT2D eigenvalue weighted by Gasteiger charge is -2.30. The van der Waals surface area contributed by atoms with Gasteiger partial charge in [-0.25, -0.2) is 0 Å². The monoisotopic (exact) mass is 382 g/mol. The fraction of sp³-hybridized carbons (Fsp3) is 0.524. The van der Waals surface area contributed by atoms with E-state index in [1.807, 2.05) is 24.2 Å². The second-order valence-corrected chi connectivity index (χ2v) is 7.53. The number of nitrogens with one attached hydrogen (secondary N) is 1. The molecule has 0 aliphatic carbocycles. The van der Waals surface area contributed by atoms with Crippen LogP contribution in [0.15, 0.2) is 45.5 Å². The van der Waals surface area contributed by atoms with Crippen LogP contribution in [0.3, 0.4) is 0 Å². The molecule has 0 spiro atoms. The fourth-order valence-electron chi connectivity index (χ4n) is 3.50. The van der Waals surface area contributed by atoms with Crippen LogP contribution < -0.4 is 5.32 Å². The SMILES string of the molecule is CCC(C)=CNC1=C(C)CN(C(=O)C2=NN=C(c3ccn(C)n3)C2CC)CC1. The van der Waals surface area contributed by atoms with Gasteiger partial charge in [-0.05, 0) is 44.5 Å². The molecule has 28 heavy (non-hydrogen) atoms. The third-order valence-corrected chi connectivity index (χ3v) is 5.44. The number of rotatable bonds is 6. The summed E-state index contributed by atoms with van der Waals surface area (Å²) >= 11 is 0. The fourth-order valence-corrected chi connectivity index (χ4v) is 3.50. The third-order valence-electron chi connectivity index (χ3n) is 5.44. The standard InChI is InChI=1S/C21H30N6O/c1-6-14(3)12-22-17-9-11-27(13-15(17)4)21(28)20-16(7-2)19(23-24-20)18-8-10-26(5)25-18/h8,10,12,16,22H,6-7,9,11,13H2,1-5H3. The predicted molar refractivity (Wildman–Crippen MR) is 112 cm³/mol. The first-order chi connectivity index (χ1) is 13.4. The molecule has 0 radical (unpaired) electrons. The molecule has 1 atom stereocenters. The summed E-state index contributed by atoms with van der Waals surface area (Å²) in [6, 6.07) is 1.92. The average Bonchev–Trinajstić information content (AvgIpc) is 3.31. The van der Waals surface area contributed by atoms with Gasteiger partial charge in [-0.1, -0.05) is 19.4 Å². The van der Waals surface area contributed by atoms with E-state index >= 15 is 0 Å². The number of amides is 1. The zero-order valence-electron chi connectivity index (χ0n) is 17.5. The predicted octanol–water partition coefficient (Wildman–Crippen LogP) is 3.01. The van der Waals surface area contributed by atoms with E-state index in [2.05, 4.69) is 54.5 Å². The third kappa shape index (κ3) is 4.08. The normalized spacial score (nSPS) is 20.4. The molecule has 150 valence electrons. The molecule has 0 saturated heterocycles. The quantitative estimate of drug-likeness (QED) is 0.822.